The zero-order valence-electron chi connectivity index (χ0n) is 12.7. The van der Waals surface area contributed by atoms with Gasteiger partial charge in [0.2, 0.25) is 0 Å². The van der Waals surface area contributed by atoms with Gasteiger partial charge in [0.1, 0.15) is 0 Å². The summed E-state index contributed by atoms with van der Waals surface area (Å²) in [6.45, 7) is 7.11. The van der Waals surface area contributed by atoms with Gasteiger partial charge < -0.3 is 10.1 Å². The van der Waals surface area contributed by atoms with Gasteiger partial charge >= 0.3 is 5.97 Å². The van der Waals surface area contributed by atoms with Gasteiger partial charge in [-0.25, -0.2) is 4.79 Å². The van der Waals surface area contributed by atoms with E-state index < -0.39 is 0 Å². The van der Waals surface area contributed by atoms with Crippen LogP contribution in [0.15, 0.2) is 24.3 Å². The van der Waals surface area contributed by atoms with Crippen molar-refractivity contribution >= 4 is 11.7 Å². The first-order valence-electron chi connectivity index (χ1n) is 7.54. The second-order valence-electron chi connectivity index (χ2n) is 6.46. The lowest BCUT2D eigenvalue weighted by Gasteiger charge is -2.18. The van der Waals surface area contributed by atoms with Crippen LogP contribution < -0.4 is 5.32 Å². The molecule has 0 amide bonds. The molecule has 0 spiro atoms. The smallest absolute Gasteiger partial charge is 0.338 e. The molecule has 1 aromatic carbocycles. The molecular weight excluding hydrogens is 250 g/mol. The van der Waals surface area contributed by atoms with Crippen LogP contribution in [-0.2, 0) is 4.74 Å². The largest absolute Gasteiger partial charge is 0.462 e. The minimum absolute atomic E-state index is 0.236. The monoisotopic (exact) mass is 275 g/mol. The topological polar surface area (TPSA) is 38.3 Å². The SMILES string of the molecule is CCCOC(=O)c1ccc(NC2CCC(C)(C)C2)cc1. The molecule has 0 saturated heterocycles. The maximum atomic E-state index is 11.7. The summed E-state index contributed by atoms with van der Waals surface area (Å²) >= 11 is 0. The third-order valence-corrected chi connectivity index (χ3v) is 3.90. The van der Waals surface area contributed by atoms with Crippen molar-refractivity contribution in [2.75, 3.05) is 11.9 Å². The molecule has 1 aliphatic carbocycles. The zero-order valence-corrected chi connectivity index (χ0v) is 12.7. The summed E-state index contributed by atoms with van der Waals surface area (Å²) in [5.74, 6) is -0.236. The normalized spacial score (nSPS) is 20.6. The number of nitrogens with one attached hydrogen (secondary N) is 1. The van der Waals surface area contributed by atoms with E-state index in [-0.39, 0.29) is 5.97 Å². The Kier molecular flexibility index (Phi) is 4.69. The number of carbonyl (C=O) groups excluding carboxylic acids is 1. The lowest BCUT2D eigenvalue weighted by molar-refractivity contribution is 0.0505. The highest BCUT2D eigenvalue weighted by Gasteiger charge is 2.30. The Hall–Kier alpha value is -1.51. The molecule has 3 nitrogen and oxygen atoms in total. The van der Waals surface area contributed by atoms with Gasteiger partial charge in [-0.05, 0) is 55.4 Å². The van der Waals surface area contributed by atoms with Gasteiger partial charge in [0.25, 0.3) is 0 Å². The maximum absolute atomic E-state index is 11.7. The zero-order chi connectivity index (χ0) is 14.6. The molecule has 1 aliphatic rings. The standard InChI is InChI=1S/C17H25NO2/c1-4-11-20-16(19)13-5-7-14(8-6-13)18-15-9-10-17(2,3)12-15/h5-8,15,18H,4,9-12H2,1-3H3. The van der Waals surface area contributed by atoms with Crippen molar-refractivity contribution in [2.45, 2.75) is 52.5 Å². The number of hydrogen-bond donors (Lipinski definition) is 1. The summed E-state index contributed by atoms with van der Waals surface area (Å²) in [6.07, 6.45) is 4.54. The second-order valence-corrected chi connectivity index (χ2v) is 6.46. The predicted molar refractivity (Wildman–Crippen MR) is 82.1 cm³/mol. The van der Waals surface area contributed by atoms with E-state index in [0.29, 0.717) is 23.6 Å². The highest BCUT2D eigenvalue weighted by atomic mass is 16.5. The van der Waals surface area contributed by atoms with Crippen LogP contribution in [0.25, 0.3) is 0 Å². The van der Waals surface area contributed by atoms with Gasteiger partial charge in [0.15, 0.2) is 0 Å². The molecule has 1 aromatic rings. The number of carbonyl (C=O) groups is 1. The molecule has 2 rings (SSSR count). The van der Waals surface area contributed by atoms with Crippen LogP contribution in [-0.4, -0.2) is 18.6 Å². The minimum Gasteiger partial charge on any atom is -0.462 e. The number of ether oxygens (including phenoxy) is 1. The lowest BCUT2D eigenvalue weighted by Crippen LogP contribution is -2.17. The second kappa shape index (κ2) is 6.29. The van der Waals surface area contributed by atoms with Crippen LogP contribution in [0.5, 0.6) is 0 Å². The van der Waals surface area contributed by atoms with Gasteiger partial charge in [0, 0.05) is 11.7 Å². The number of hydrogen-bond acceptors (Lipinski definition) is 3. The van der Waals surface area contributed by atoms with Gasteiger partial charge in [-0.15, -0.1) is 0 Å². The van der Waals surface area contributed by atoms with Crippen LogP contribution >= 0.6 is 0 Å². The molecule has 20 heavy (non-hydrogen) atoms. The molecular formula is C17H25NO2. The van der Waals surface area contributed by atoms with Gasteiger partial charge in [-0.2, -0.15) is 0 Å². The number of rotatable bonds is 5. The van der Waals surface area contributed by atoms with Crippen molar-refractivity contribution in [1.82, 2.24) is 0 Å². The van der Waals surface area contributed by atoms with Crippen LogP contribution in [0.2, 0.25) is 0 Å². The summed E-state index contributed by atoms with van der Waals surface area (Å²) in [6, 6.07) is 8.14. The van der Waals surface area contributed by atoms with Crippen molar-refractivity contribution in [2.24, 2.45) is 5.41 Å². The summed E-state index contributed by atoms with van der Waals surface area (Å²) < 4.78 is 5.12. The van der Waals surface area contributed by atoms with Crippen LogP contribution in [0.3, 0.4) is 0 Å². The molecule has 0 bridgehead atoms. The van der Waals surface area contributed by atoms with Crippen molar-refractivity contribution in [3.8, 4) is 0 Å². The predicted octanol–water partition coefficient (Wildman–Crippen LogP) is 4.24. The van der Waals surface area contributed by atoms with E-state index in [0.717, 1.165) is 12.1 Å². The fourth-order valence-corrected chi connectivity index (χ4v) is 2.78. The van der Waals surface area contributed by atoms with E-state index in [1.807, 2.05) is 31.2 Å². The highest BCUT2D eigenvalue weighted by molar-refractivity contribution is 5.89. The lowest BCUT2D eigenvalue weighted by atomic mass is 9.92. The number of anilines is 1. The van der Waals surface area contributed by atoms with Crippen molar-refractivity contribution in [3.63, 3.8) is 0 Å². The molecule has 1 N–H and O–H groups in total. The fraction of sp³-hybridized carbons (Fsp3) is 0.588. The third-order valence-electron chi connectivity index (χ3n) is 3.90. The number of benzene rings is 1. The van der Waals surface area contributed by atoms with E-state index in [1.165, 1.54) is 19.3 Å². The molecule has 1 unspecified atom stereocenters. The Morgan fingerprint density at radius 1 is 1.35 bits per heavy atom. The van der Waals surface area contributed by atoms with Crippen LogP contribution in [0.1, 0.15) is 56.8 Å². The average Bonchev–Trinajstić information content (AvgIpc) is 2.76. The van der Waals surface area contributed by atoms with E-state index >= 15 is 0 Å². The highest BCUT2D eigenvalue weighted by Crippen LogP contribution is 2.38. The molecule has 1 atom stereocenters. The molecule has 110 valence electrons. The first kappa shape index (κ1) is 14.9. The maximum Gasteiger partial charge on any atom is 0.338 e. The van der Waals surface area contributed by atoms with E-state index in [4.69, 9.17) is 4.74 Å². The van der Waals surface area contributed by atoms with Gasteiger partial charge in [0.05, 0.1) is 12.2 Å². The molecule has 1 saturated carbocycles. The average molecular weight is 275 g/mol. The van der Waals surface area contributed by atoms with Crippen molar-refractivity contribution in [3.05, 3.63) is 29.8 Å². The summed E-state index contributed by atoms with van der Waals surface area (Å²) in [4.78, 5) is 11.7. The van der Waals surface area contributed by atoms with E-state index in [2.05, 4.69) is 19.2 Å². The molecule has 0 heterocycles. The summed E-state index contributed by atoms with van der Waals surface area (Å²) in [5, 5.41) is 3.55. The number of esters is 1. The first-order valence-corrected chi connectivity index (χ1v) is 7.54. The van der Waals surface area contributed by atoms with Crippen LogP contribution in [0.4, 0.5) is 5.69 Å². The van der Waals surface area contributed by atoms with Gasteiger partial charge in [-0.1, -0.05) is 20.8 Å². The third kappa shape index (κ3) is 3.99. The molecule has 0 aromatic heterocycles. The molecule has 3 heteroatoms. The Labute approximate surface area is 121 Å². The fourth-order valence-electron chi connectivity index (χ4n) is 2.78. The Morgan fingerprint density at radius 2 is 2.05 bits per heavy atom. The molecule has 1 fully saturated rings. The van der Waals surface area contributed by atoms with Crippen molar-refractivity contribution in [1.29, 1.82) is 0 Å². The molecule has 0 radical (unpaired) electrons. The van der Waals surface area contributed by atoms with E-state index in [9.17, 15) is 4.79 Å². The quantitative estimate of drug-likeness (QED) is 0.817. The Morgan fingerprint density at radius 3 is 2.60 bits per heavy atom. The summed E-state index contributed by atoms with van der Waals surface area (Å²) in [5.41, 5.74) is 2.15. The van der Waals surface area contributed by atoms with Crippen molar-refractivity contribution < 1.29 is 9.53 Å². The Balaban J connectivity index is 1.90. The van der Waals surface area contributed by atoms with Crippen LogP contribution in [0, 0.1) is 5.41 Å². The van der Waals surface area contributed by atoms with E-state index in [1.54, 1.807) is 0 Å². The summed E-state index contributed by atoms with van der Waals surface area (Å²) in [7, 11) is 0. The van der Waals surface area contributed by atoms with Gasteiger partial charge in [-0.3, -0.25) is 0 Å². The first-order chi connectivity index (χ1) is 9.50. The minimum atomic E-state index is -0.236. The molecule has 0 aliphatic heterocycles. The Bertz CT molecular complexity index is 451.